The van der Waals surface area contributed by atoms with Crippen molar-refractivity contribution in [1.82, 2.24) is 5.32 Å². The van der Waals surface area contributed by atoms with Crippen molar-refractivity contribution < 1.29 is 10.0 Å². The fourth-order valence-electron chi connectivity index (χ4n) is 2.71. The summed E-state index contributed by atoms with van der Waals surface area (Å²) in [5, 5.41) is 23.2. The molecule has 0 saturated heterocycles. The Morgan fingerprint density at radius 1 is 1.32 bits per heavy atom. The summed E-state index contributed by atoms with van der Waals surface area (Å²) >= 11 is 0. The maximum absolute atomic E-state index is 10.5. The van der Waals surface area contributed by atoms with Gasteiger partial charge in [0.15, 0.2) is 0 Å². The van der Waals surface area contributed by atoms with Crippen molar-refractivity contribution in [2.75, 3.05) is 13.2 Å². The van der Waals surface area contributed by atoms with E-state index in [2.05, 4.69) is 5.32 Å². The van der Waals surface area contributed by atoms with E-state index in [9.17, 15) is 15.2 Å². The summed E-state index contributed by atoms with van der Waals surface area (Å²) in [7, 11) is 0. The van der Waals surface area contributed by atoms with Gasteiger partial charge < -0.3 is 10.4 Å². The standard InChI is InChI=1S/C14H20N2O3/c17-10-12-2-1-3-14(12)15-9-8-11-4-6-13(7-5-11)16(18)19/h4-7,12,14-15,17H,1-3,8-10H2. The zero-order valence-corrected chi connectivity index (χ0v) is 10.9. The highest BCUT2D eigenvalue weighted by atomic mass is 16.6. The molecule has 0 radical (unpaired) electrons. The third-order valence-corrected chi connectivity index (χ3v) is 3.86. The number of nitrogens with one attached hydrogen (secondary N) is 1. The van der Waals surface area contributed by atoms with Crippen molar-refractivity contribution in [3.8, 4) is 0 Å². The first-order valence-electron chi connectivity index (χ1n) is 6.78. The van der Waals surface area contributed by atoms with Gasteiger partial charge in [-0.25, -0.2) is 0 Å². The number of non-ortho nitro benzene ring substituents is 1. The van der Waals surface area contributed by atoms with Crippen LogP contribution in [0.25, 0.3) is 0 Å². The highest BCUT2D eigenvalue weighted by Gasteiger charge is 2.25. The Kier molecular flexibility index (Phi) is 4.87. The van der Waals surface area contributed by atoms with Gasteiger partial charge in [0.25, 0.3) is 5.69 Å². The van der Waals surface area contributed by atoms with Crippen LogP contribution in [0.3, 0.4) is 0 Å². The minimum Gasteiger partial charge on any atom is -0.396 e. The maximum Gasteiger partial charge on any atom is 0.269 e. The van der Waals surface area contributed by atoms with Gasteiger partial charge >= 0.3 is 0 Å². The molecule has 0 aromatic heterocycles. The van der Waals surface area contributed by atoms with Crippen LogP contribution in [0.4, 0.5) is 5.69 Å². The lowest BCUT2D eigenvalue weighted by Crippen LogP contribution is -2.35. The lowest BCUT2D eigenvalue weighted by atomic mass is 10.0. The third-order valence-electron chi connectivity index (χ3n) is 3.86. The average Bonchev–Trinajstić information content (AvgIpc) is 2.87. The second kappa shape index (κ2) is 6.63. The molecule has 0 bridgehead atoms. The van der Waals surface area contributed by atoms with Gasteiger partial charge in [-0.05, 0) is 37.3 Å². The highest BCUT2D eigenvalue weighted by molar-refractivity contribution is 5.32. The fourth-order valence-corrected chi connectivity index (χ4v) is 2.71. The van der Waals surface area contributed by atoms with Crippen LogP contribution in [0.2, 0.25) is 0 Å². The number of nitrogens with zero attached hydrogens (tertiary/aromatic N) is 1. The van der Waals surface area contributed by atoms with E-state index in [1.54, 1.807) is 24.3 Å². The molecule has 1 aromatic rings. The van der Waals surface area contributed by atoms with E-state index in [1.165, 1.54) is 6.42 Å². The Hall–Kier alpha value is -1.46. The summed E-state index contributed by atoms with van der Waals surface area (Å²) in [6.45, 7) is 1.11. The Bertz CT molecular complexity index is 419. The fraction of sp³-hybridized carbons (Fsp3) is 0.571. The Labute approximate surface area is 112 Å². The molecule has 5 nitrogen and oxygen atoms in total. The van der Waals surface area contributed by atoms with E-state index in [-0.39, 0.29) is 17.2 Å². The zero-order chi connectivity index (χ0) is 13.7. The second-order valence-electron chi connectivity index (χ2n) is 5.11. The van der Waals surface area contributed by atoms with Gasteiger partial charge in [-0.15, -0.1) is 0 Å². The van der Waals surface area contributed by atoms with Crippen molar-refractivity contribution in [2.45, 2.75) is 31.7 Å². The summed E-state index contributed by atoms with van der Waals surface area (Å²) in [5.74, 6) is 0.386. The van der Waals surface area contributed by atoms with E-state index in [0.29, 0.717) is 12.0 Å². The van der Waals surface area contributed by atoms with Gasteiger partial charge in [-0.2, -0.15) is 0 Å². The summed E-state index contributed by atoms with van der Waals surface area (Å²) in [5.41, 5.74) is 1.23. The third kappa shape index (κ3) is 3.75. The molecule has 2 atom stereocenters. The average molecular weight is 264 g/mol. The van der Waals surface area contributed by atoms with Crippen molar-refractivity contribution in [2.24, 2.45) is 5.92 Å². The summed E-state index contributed by atoms with van der Waals surface area (Å²) in [6.07, 6.45) is 4.27. The predicted molar refractivity (Wildman–Crippen MR) is 73.0 cm³/mol. The van der Waals surface area contributed by atoms with Gasteiger partial charge in [-0.1, -0.05) is 18.6 Å². The topological polar surface area (TPSA) is 75.4 Å². The van der Waals surface area contributed by atoms with Crippen LogP contribution in [0, 0.1) is 16.0 Å². The number of benzene rings is 1. The Morgan fingerprint density at radius 2 is 2.05 bits per heavy atom. The number of hydrogen-bond donors (Lipinski definition) is 2. The first-order chi connectivity index (χ1) is 9.20. The quantitative estimate of drug-likeness (QED) is 0.607. The van der Waals surface area contributed by atoms with Gasteiger partial charge in [0.05, 0.1) is 4.92 Å². The molecule has 1 aliphatic rings. The second-order valence-corrected chi connectivity index (χ2v) is 5.11. The first kappa shape index (κ1) is 14.0. The predicted octanol–water partition coefficient (Wildman–Crippen LogP) is 1.89. The van der Waals surface area contributed by atoms with Gasteiger partial charge in [-0.3, -0.25) is 10.1 Å². The normalized spacial score (nSPS) is 22.6. The molecule has 0 heterocycles. The lowest BCUT2D eigenvalue weighted by Gasteiger charge is -2.18. The molecule has 0 aliphatic heterocycles. The number of aliphatic hydroxyl groups excluding tert-OH is 1. The molecule has 1 saturated carbocycles. The molecule has 2 rings (SSSR count). The van der Waals surface area contributed by atoms with Crippen LogP contribution >= 0.6 is 0 Å². The van der Waals surface area contributed by atoms with Crippen molar-refractivity contribution in [1.29, 1.82) is 0 Å². The van der Waals surface area contributed by atoms with Crippen LogP contribution in [0.15, 0.2) is 24.3 Å². The number of nitro groups is 1. The molecule has 0 spiro atoms. The Morgan fingerprint density at radius 3 is 2.68 bits per heavy atom. The largest absolute Gasteiger partial charge is 0.396 e. The van der Waals surface area contributed by atoms with Crippen LogP contribution in [0.1, 0.15) is 24.8 Å². The van der Waals surface area contributed by atoms with Crippen molar-refractivity contribution in [3.05, 3.63) is 39.9 Å². The maximum atomic E-state index is 10.5. The van der Waals surface area contributed by atoms with E-state index in [4.69, 9.17) is 0 Å². The van der Waals surface area contributed by atoms with Crippen LogP contribution in [-0.4, -0.2) is 29.2 Å². The van der Waals surface area contributed by atoms with E-state index in [0.717, 1.165) is 31.4 Å². The smallest absolute Gasteiger partial charge is 0.269 e. The van der Waals surface area contributed by atoms with E-state index < -0.39 is 0 Å². The summed E-state index contributed by atoms with van der Waals surface area (Å²) in [6, 6.07) is 7.11. The number of aliphatic hydroxyl groups is 1. The Balaban J connectivity index is 1.77. The molecular weight excluding hydrogens is 244 g/mol. The highest BCUT2D eigenvalue weighted by Crippen LogP contribution is 2.24. The molecule has 0 amide bonds. The van der Waals surface area contributed by atoms with Crippen molar-refractivity contribution in [3.63, 3.8) is 0 Å². The number of rotatable bonds is 6. The molecular formula is C14H20N2O3. The van der Waals surface area contributed by atoms with E-state index >= 15 is 0 Å². The molecule has 2 N–H and O–H groups in total. The molecule has 2 unspecified atom stereocenters. The molecule has 1 aliphatic carbocycles. The van der Waals surface area contributed by atoms with Gasteiger partial charge in [0.2, 0.25) is 0 Å². The summed E-state index contributed by atoms with van der Waals surface area (Å²) in [4.78, 5) is 10.2. The molecule has 1 fully saturated rings. The van der Waals surface area contributed by atoms with Gasteiger partial charge in [0, 0.05) is 24.8 Å². The molecule has 1 aromatic carbocycles. The monoisotopic (exact) mass is 264 g/mol. The minimum absolute atomic E-state index is 0.132. The van der Waals surface area contributed by atoms with E-state index in [1.807, 2.05) is 0 Å². The minimum atomic E-state index is -0.383. The molecule has 19 heavy (non-hydrogen) atoms. The molecule has 5 heteroatoms. The summed E-state index contributed by atoms with van der Waals surface area (Å²) < 4.78 is 0. The van der Waals surface area contributed by atoms with Crippen LogP contribution in [0.5, 0.6) is 0 Å². The molecule has 104 valence electrons. The number of hydrogen-bond acceptors (Lipinski definition) is 4. The van der Waals surface area contributed by atoms with Crippen molar-refractivity contribution >= 4 is 5.69 Å². The number of nitro benzene ring substituents is 1. The lowest BCUT2D eigenvalue weighted by molar-refractivity contribution is -0.384. The van der Waals surface area contributed by atoms with Crippen LogP contribution in [-0.2, 0) is 6.42 Å². The first-order valence-corrected chi connectivity index (χ1v) is 6.78. The van der Waals surface area contributed by atoms with Crippen LogP contribution < -0.4 is 5.32 Å². The van der Waals surface area contributed by atoms with Gasteiger partial charge in [0.1, 0.15) is 0 Å². The SMILES string of the molecule is O=[N+]([O-])c1ccc(CCNC2CCCC2CO)cc1. The zero-order valence-electron chi connectivity index (χ0n) is 10.9.